The summed E-state index contributed by atoms with van der Waals surface area (Å²) in [6, 6.07) is -14.4. The lowest BCUT2D eigenvalue weighted by atomic mass is 9.91. The van der Waals surface area contributed by atoms with E-state index in [1.165, 1.54) is 82.8 Å². The number of nitrogens with one attached hydrogen (secondary N) is 4. The minimum atomic E-state index is -1.67. The zero-order valence-corrected chi connectivity index (χ0v) is 57.1. The second-order valence-electron chi connectivity index (χ2n) is 26.2. The van der Waals surface area contributed by atoms with E-state index in [4.69, 9.17) is 0 Å². The Labute approximate surface area is 520 Å². The van der Waals surface area contributed by atoms with E-state index in [0.717, 1.165) is 14.7 Å². The fraction of sp³-hybridized carbons (Fsp3) is 0.794. The van der Waals surface area contributed by atoms with Crippen molar-refractivity contribution in [3.8, 4) is 0 Å². The van der Waals surface area contributed by atoms with Crippen LogP contribution >= 0.6 is 0 Å². The first-order valence-corrected chi connectivity index (χ1v) is 31.2. The van der Waals surface area contributed by atoms with Crippen LogP contribution in [0.15, 0.2) is 12.2 Å². The first-order chi connectivity index (χ1) is 40.2. The number of carbonyl (C=O) groups is 11. The molecule has 1 unspecified atom stereocenters. The van der Waals surface area contributed by atoms with Gasteiger partial charge in [0, 0.05) is 49.3 Å². The van der Waals surface area contributed by atoms with E-state index in [0.29, 0.717) is 6.42 Å². The molecule has 1 fully saturated rings. The maximum atomic E-state index is 15.2. The average Bonchev–Trinajstić information content (AvgIpc) is 1.27. The van der Waals surface area contributed by atoms with Crippen molar-refractivity contribution in [2.45, 2.75) is 229 Å². The number of hydrogen-bond donors (Lipinski definition) is 6. The predicted octanol–water partition coefficient (Wildman–Crippen LogP) is 2.63. The number of carbonyl (C=O) groups excluding carboxylic acids is 11. The van der Waals surface area contributed by atoms with Gasteiger partial charge in [-0.05, 0) is 94.3 Å². The molecule has 0 aromatic rings. The topological polar surface area (TPSA) is 299 Å². The molecule has 1 saturated heterocycles. The highest BCUT2D eigenvalue weighted by atomic mass is 16.3. The molecule has 0 aromatic carbocycles. The Morgan fingerprint density at radius 3 is 1.31 bits per heavy atom. The van der Waals surface area contributed by atoms with Gasteiger partial charge in [0.1, 0.15) is 66.5 Å². The van der Waals surface area contributed by atoms with E-state index in [-0.39, 0.29) is 49.9 Å². The van der Waals surface area contributed by atoms with Crippen molar-refractivity contribution in [2.24, 2.45) is 41.4 Å². The molecular weight excluding hydrogens is 1120 g/mol. The molecule has 11 amide bonds. The lowest BCUT2D eigenvalue weighted by molar-refractivity contribution is -0.157. The Hall–Kier alpha value is -6.17. The highest BCUT2D eigenvalue weighted by Gasteiger charge is 2.46. The Morgan fingerprint density at radius 2 is 0.862 bits per heavy atom. The molecule has 1 aliphatic rings. The largest absolute Gasteiger partial charge is 0.394 e. The van der Waals surface area contributed by atoms with Crippen molar-refractivity contribution in [1.29, 1.82) is 0 Å². The van der Waals surface area contributed by atoms with Crippen LogP contribution in [-0.2, 0) is 52.7 Å². The van der Waals surface area contributed by atoms with Crippen molar-refractivity contribution < 1.29 is 63.0 Å². The Kier molecular flexibility index (Phi) is 32.4. The van der Waals surface area contributed by atoms with Crippen LogP contribution in [0.5, 0.6) is 0 Å². The molecule has 0 bridgehead atoms. The number of nitrogens with zero attached hydrogens (tertiary/aromatic N) is 7. The van der Waals surface area contributed by atoms with Gasteiger partial charge in [-0.3, -0.25) is 52.7 Å². The molecule has 87 heavy (non-hydrogen) atoms. The summed E-state index contributed by atoms with van der Waals surface area (Å²) in [6.45, 7) is 28.5. The van der Waals surface area contributed by atoms with Gasteiger partial charge in [-0.2, -0.15) is 0 Å². The van der Waals surface area contributed by atoms with Crippen molar-refractivity contribution in [2.75, 3.05) is 55.9 Å². The molecule has 24 nitrogen and oxygen atoms in total. The molecule has 0 aromatic heterocycles. The van der Waals surface area contributed by atoms with Crippen LogP contribution < -0.4 is 21.3 Å². The van der Waals surface area contributed by atoms with E-state index < -0.39 is 168 Å². The first-order valence-electron chi connectivity index (χ1n) is 31.2. The lowest BCUT2D eigenvalue weighted by Gasteiger charge is -2.41. The van der Waals surface area contributed by atoms with Crippen LogP contribution in [0.3, 0.4) is 0 Å². The first kappa shape index (κ1) is 78.8. The normalized spacial score (nSPS) is 27.7. The van der Waals surface area contributed by atoms with Crippen LogP contribution in [0.1, 0.15) is 156 Å². The summed E-state index contributed by atoms with van der Waals surface area (Å²) >= 11 is 0. The zero-order valence-electron chi connectivity index (χ0n) is 57.1. The number of aliphatic hydroxyl groups excluding tert-OH is 2. The van der Waals surface area contributed by atoms with Crippen molar-refractivity contribution in [1.82, 2.24) is 55.6 Å². The van der Waals surface area contributed by atoms with E-state index in [1.54, 1.807) is 74.5 Å². The van der Waals surface area contributed by atoms with Crippen molar-refractivity contribution in [3.05, 3.63) is 12.2 Å². The third-order valence-electron chi connectivity index (χ3n) is 17.0. The van der Waals surface area contributed by atoms with Crippen LogP contribution in [0.4, 0.5) is 0 Å². The Bertz CT molecular complexity index is 2380. The summed E-state index contributed by atoms with van der Waals surface area (Å²) in [5.41, 5.74) is 0. The molecule has 0 radical (unpaired) electrons. The van der Waals surface area contributed by atoms with Gasteiger partial charge in [0.25, 0.3) is 0 Å². The Morgan fingerprint density at radius 1 is 0.448 bits per heavy atom. The van der Waals surface area contributed by atoms with Gasteiger partial charge in [0.15, 0.2) is 0 Å². The number of amides is 11. The smallest absolute Gasteiger partial charge is 0.248 e. The van der Waals surface area contributed by atoms with E-state index in [1.807, 2.05) is 41.5 Å². The number of rotatable bonds is 16. The number of aliphatic hydroxyl groups is 2. The summed E-state index contributed by atoms with van der Waals surface area (Å²) in [7, 11) is 9.65. The lowest BCUT2D eigenvalue weighted by Crippen LogP contribution is -2.64. The van der Waals surface area contributed by atoms with Gasteiger partial charge in [-0.15, -0.1) is 0 Å². The standard InChI is InChI=1S/C63H113N11O13/c1-25-28-29-40(15)52(76)51-56(80)66-43(27-3)58(82)71(21)47(33-75)61(85)73(23)50(39(14)26-2)55(79)67-48(37(10)11)62(86)68(18)44(30-34(4)5)54(78)64-41(16)53(77)65-42(17)57(81)69(19)45(31-35(6)7)59(83)70(20)46(32-36(8)9)60(84)72(22)49(38(12)13)63(87)74(51)24/h25,28,34-52,75-76H,26-27,29-33H2,1-24H3,(H,64,78)(H,65,77)(H,66,80)(H,67,79)/b28-25+/t39?,40-,41+,42-,43+,44+,45+,46+,47-,48+,49+,50+,51+,52-/m1/s1. The SMILES string of the molecule is C/C=C/C[C@@H](C)[C@@H](O)[C@H]1C(=O)N[C@@H](CC)C(=O)N(C)[C@H](CO)C(=O)N(C)[C@@H](C(C)CC)C(=O)N[C@@H](C(C)C)C(=O)N(C)[C@@H](CC(C)C)C(=O)N[C@@H](C)C(=O)N[C@H](C)C(=O)N(C)[C@@H](CC(C)C)C(=O)N(C)[C@@H](CC(C)C)C(=O)N(C)[C@@H](C(C)C)C(=O)N1C. The third-order valence-corrected chi connectivity index (χ3v) is 17.0. The van der Waals surface area contributed by atoms with Gasteiger partial charge in [-0.25, -0.2) is 0 Å². The molecule has 6 N–H and O–H groups in total. The maximum absolute atomic E-state index is 15.2. The summed E-state index contributed by atoms with van der Waals surface area (Å²) in [5, 5.41) is 33.9. The highest BCUT2D eigenvalue weighted by molar-refractivity contribution is 6.00. The van der Waals surface area contributed by atoms with Crippen LogP contribution in [0, 0.1) is 41.4 Å². The van der Waals surface area contributed by atoms with E-state index >= 15 is 9.59 Å². The second-order valence-corrected chi connectivity index (χ2v) is 26.2. The summed E-state index contributed by atoms with van der Waals surface area (Å²) < 4.78 is 0. The summed E-state index contributed by atoms with van der Waals surface area (Å²) in [5.74, 6) is -10.9. The van der Waals surface area contributed by atoms with Crippen molar-refractivity contribution in [3.63, 3.8) is 0 Å². The van der Waals surface area contributed by atoms with Crippen LogP contribution in [0.2, 0.25) is 0 Å². The molecule has 24 heteroatoms. The maximum Gasteiger partial charge on any atom is 0.248 e. The second kappa shape index (κ2) is 35.7. The molecule has 1 rings (SSSR count). The fourth-order valence-electron chi connectivity index (χ4n) is 11.1. The van der Waals surface area contributed by atoms with Gasteiger partial charge in [0.2, 0.25) is 65.0 Å². The van der Waals surface area contributed by atoms with Gasteiger partial charge >= 0.3 is 0 Å². The minimum absolute atomic E-state index is 0.0628. The van der Waals surface area contributed by atoms with Crippen LogP contribution in [0.25, 0.3) is 0 Å². The number of likely N-dealkylation sites (N-methyl/N-ethyl adjacent to an activating group) is 7. The minimum Gasteiger partial charge on any atom is -0.394 e. The number of hydrogen-bond acceptors (Lipinski definition) is 13. The molecule has 0 saturated carbocycles. The summed E-state index contributed by atoms with van der Waals surface area (Å²) in [4.78, 5) is 169. The van der Waals surface area contributed by atoms with E-state index in [9.17, 15) is 53.4 Å². The monoisotopic (exact) mass is 1230 g/mol. The zero-order chi connectivity index (χ0) is 67.6. The fourth-order valence-corrected chi connectivity index (χ4v) is 11.1. The van der Waals surface area contributed by atoms with E-state index in [2.05, 4.69) is 21.3 Å². The quantitative estimate of drug-likeness (QED) is 0.121. The average molecular weight is 1230 g/mol. The predicted molar refractivity (Wildman–Crippen MR) is 334 cm³/mol. The third kappa shape index (κ3) is 21.0. The highest BCUT2D eigenvalue weighted by Crippen LogP contribution is 2.26. The Balaban J connectivity index is 4.42. The molecule has 0 aliphatic carbocycles. The van der Waals surface area contributed by atoms with Gasteiger partial charge < -0.3 is 65.8 Å². The van der Waals surface area contributed by atoms with Gasteiger partial charge in [-0.1, -0.05) is 116 Å². The molecule has 498 valence electrons. The number of allylic oxidation sites excluding steroid dienone is 2. The van der Waals surface area contributed by atoms with Crippen molar-refractivity contribution >= 4 is 65.0 Å². The summed E-state index contributed by atoms with van der Waals surface area (Å²) in [6.07, 6.45) is 3.00. The molecule has 1 aliphatic heterocycles. The molecule has 1 heterocycles. The van der Waals surface area contributed by atoms with Gasteiger partial charge in [0.05, 0.1) is 12.7 Å². The molecule has 0 spiro atoms. The van der Waals surface area contributed by atoms with Crippen LogP contribution in [-0.4, -0.2) is 238 Å². The molecular formula is C63H113N11O13. The molecule has 14 atom stereocenters.